The van der Waals surface area contributed by atoms with Crippen LogP contribution in [-0.2, 0) is 16.1 Å². The molecular weight excluding hydrogens is 344 g/mol. The van der Waals surface area contributed by atoms with E-state index in [4.69, 9.17) is 19.4 Å². The average molecular weight is 370 g/mol. The van der Waals surface area contributed by atoms with Crippen LogP contribution in [0.5, 0.6) is 0 Å². The lowest BCUT2D eigenvalue weighted by atomic mass is 9.95. The van der Waals surface area contributed by atoms with Gasteiger partial charge in [0.15, 0.2) is 0 Å². The molecule has 7 nitrogen and oxygen atoms in total. The molecule has 0 radical (unpaired) electrons. The van der Waals surface area contributed by atoms with Gasteiger partial charge in [-0.3, -0.25) is 0 Å². The van der Waals surface area contributed by atoms with Gasteiger partial charge in [-0.05, 0) is 57.2 Å². The Balaban J connectivity index is 1.53. The normalized spacial score (nSPS) is 19.6. The number of oxazole rings is 1. The Hall–Kier alpha value is -2.34. The average Bonchev–Trinajstić information content (AvgIpc) is 3.05. The van der Waals surface area contributed by atoms with E-state index in [1.807, 2.05) is 19.1 Å². The summed E-state index contributed by atoms with van der Waals surface area (Å²) in [5, 5.41) is 3.50. The Kier molecular flexibility index (Phi) is 6.87. The van der Waals surface area contributed by atoms with Crippen molar-refractivity contribution in [2.45, 2.75) is 58.3 Å². The van der Waals surface area contributed by atoms with Crippen molar-refractivity contribution in [1.29, 1.82) is 0 Å². The first kappa shape index (κ1) is 19.4. The summed E-state index contributed by atoms with van der Waals surface area (Å²) in [5.41, 5.74) is 11.3. The lowest BCUT2D eigenvalue weighted by Crippen LogP contribution is -2.29. The van der Waals surface area contributed by atoms with Crippen LogP contribution < -0.4 is 0 Å². The molecule has 1 heterocycles. The number of benzene rings is 1. The van der Waals surface area contributed by atoms with Crippen LogP contribution in [-0.4, -0.2) is 30.3 Å². The number of hydrogen-bond donors (Lipinski definition) is 0. The molecule has 7 heteroatoms. The molecule has 27 heavy (non-hydrogen) atoms. The molecule has 1 aliphatic carbocycles. The predicted molar refractivity (Wildman–Crippen MR) is 102 cm³/mol. The maximum atomic E-state index is 8.30. The first-order valence-electron chi connectivity index (χ1n) is 9.43. The van der Waals surface area contributed by atoms with Crippen LogP contribution in [0.2, 0.25) is 0 Å². The summed E-state index contributed by atoms with van der Waals surface area (Å²) in [7, 11) is 0. The molecule has 1 aromatic heterocycles. The van der Waals surface area contributed by atoms with Crippen LogP contribution >= 0.6 is 0 Å². The van der Waals surface area contributed by atoms with Crippen molar-refractivity contribution in [3.05, 3.63) is 51.7 Å². The van der Waals surface area contributed by atoms with Crippen molar-refractivity contribution in [1.82, 2.24) is 4.98 Å². The number of ether oxygens (including phenoxy) is 2. The maximum Gasteiger partial charge on any atom is 0.226 e. The van der Waals surface area contributed by atoms with E-state index in [1.54, 1.807) is 0 Å². The highest BCUT2D eigenvalue weighted by atomic mass is 16.5. The molecule has 144 valence electrons. The van der Waals surface area contributed by atoms with Crippen LogP contribution in [0.3, 0.4) is 0 Å². The first-order valence-corrected chi connectivity index (χ1v) is 9.43. The van der Waals surface area contributed by atoms with Crippen molar-refractivity contribution in [3.8, 4) is 11.5 Å². The van der Waals surface area contributed by atoms with Crippen LogP contribution in [0.4, 0.5) is 0 Å². The first-order chi connectivity index (χ1) is 13.2. The van der Waals surface area contributed by atoms with E-state index in [0.717, 1.165) is 42.7 Å². The topological polar surface area (TPSA) is 93.2 Å². The Morgan fingerprint density at radius 1 is 1.26 bits per heavy atom. The second-order valence-electron chi connectivity index (χ2n) is 6.94. The van der Waals surface area contributed by atoms with E-state index < -0.39 is 0 Å². The molecule has 1 fully saturated rings. The zero-order chi connectivity index (χ0) is 19.1. The minimum atomic E-state index is 0.154. The third-order valence-corrected chi connectivity index (χ3v) is 4.80. The van der Waals surface area contributed by atoms with Gasteiger partial charge in [-0.2, -0.15) is 0 Å². The number of aromatic nitrogens is 1. The van der Waals surface area contributed by atoms with Gasteiger partial charge in [0.25, 0.3) is 0 Å². The summed E-state index contributed by atoms with van der Waals surface area (Å²) in [6, 6.07) is 8.12. The monoisotopic (exact) mass is 370 g/mol. The van der Waals surface area contributed by atoms with E-state index >= 15 is 0 Å². The largest absolute Gasteiger partial charge is 0.441 e. The van der Waals surface area contributed by atoms with E-state index in [9.17, 15) is 0 Å². The molecule has 0 N–H and O–H groups in total. The number of nitrogens with zero attached hydrogens (tertiary/aromatic N) is 4. The van der Waals surface area contributed by atoms with Crippen molar-refractivity contribution in [3.63, 3.8) is 0 Å². The second-order valence-corrected chi connectivity index (χ2v) is 6.94. The van der Waals surface area contributed by atoms with Gasteiger partial charge in [0.1, 0.15) is 11.5 Å². The molecule has 2 aromatic rings. The molecule has 3 rings (SSSR count). The summed E-state index contributed by atoms with van der Waals surface area (Å²) in [5.74, 6) is 1.43. The van der Waals surface area contributed by atoms with Gasteiger partial charge in [0, 0.05) is 17.0 Å². The SMILES string of the molecule is Cc1cccc(-c2nc(COC3CCCC(OCCN=[N+]=[N-])C3)c(C)o2)c1. The lowest BCUT2D eigenvalue weighted by Gasteiger charge is -2.29. The quantitative estimate of drug-likeness (QED) is 0.279. The summed E-state index contributed by atoms with van der Waals surface area (Å²) in [4.78, 5) is 7.36. The highest BCUT2D eigenvalue weighted by Crippen LogP contribution is 2.26. The molecule has 0 saturated heterocycles. The van der Waals surface area contributed by atoms with E-state index in [0.29, 0.717) is 25.6 Å². The molecule has 0 bridgehead atoms. The highest BCUT2D eigenvalue weighted by Gasteiger charge is 2.24. The summed E-state index contributed by atoms with van der Waals surface area (Å²) < 4.78 is 17.7. The van der Waals surface area contributed by atoms with Crippen molar-refractivity contribution >= 4 is 0 Å². The van der Waals surface area contributed by atoms with E-state index in [-0.39, 0.29) is 12.2 Å². The standard InChI is InChI=1S/C20H26N4O3/c1-14-5-3-6-16(11-14)20-23-19(15(2)27-20)13-26-18-8-4-7-17(12-18)25-10-9-22-24-21/h3,5-6,11,17-18H,4,7-10,12-13H2,1-2H3. The Morgan fingerprint density at radius 2 is 2.07 bits per heavy atom. The Bertz CT molecular complexity index is 798. The van der Waals surface area contributed by atoms with Crippen LogP contribution in [0.15, 0.2) is 33.8 Å². The predicted octanol–water partition coefficient (Wildman–Crippen LogP) is 5.11. The molecular formula is C20H26N4O3. The number of hydrogen-bond acceptors (Lipinski definition) is 5. The van der Waals surface area contributed by atoms with Gasteiger partial charge in [0.2, 0.25) is 5.89 Å². The maximum absolute atomic E-state index is 8.30. The van der Waals surface area contributed by atoms with Gasteiger partial charge < -0.3 is 13.9 Å². The second kappa shape index (κ2) is 9.55. The summed E-state index contributed by atoms with van der Waals surface area (Å²) in [6.45, 7) is 5.25. The van der Waals surface area contributed by atoms with E-state index in [2.05, 4.69) is 34.1 Å². The van der Waals surface area contributed by atoms with Gasteiger partial charge in [-0.25, -0.2) is 4.98 Å². The van der Waals surface area contributed by atoms with Gasteiger partial charge in [-0.1, -0.05) is 22.8 Å². The Labute approximate surface area is 159 Å². The fraction of sp³-hybridized carbons (Fsp3) is 0.550. The lowest BCUT2D eigenvalue weighted by molar-refractivity contribution is -0.0492. The molecule has 1 saturated carbocycles. The Morgan fingerprint density at radius 3 is 2.85 bits per heavy atom. The minimum absolute atomic E-state index is 0.154. The summed E-state index contributed by atoms with van der Waals surface area (Å²) in [6.07, 6.45) is 4.30. The van der Waals surface area contributed by atoms with Crippen molar-refractivity contribution in [2.75, 3.05) is 13.2 Å². The fourth-order valence-electron chi connectivity index (χ4n) is 3.37. The zero-order valence-corrected chi connectivity index (χ0v) is 15.9. The molecule has 0 aliphatic heterocycles. The van der Waals surface area contributed by atoms with Crippen LogP contribution in [0.25, 0.3) is 21.9 Å². The molecule has 2 atom stereocenters. The molecule has 2 unspecified atom stereocenters. The summed E-state index contributed by atoms with van der Waals surface area (Å²) >= 11 is 0. The van der Waals surface area contributed by atoms with Crippen LogP contribution in [0.1, 0.15) is 42.7 Å². The molecule has 0 spiro atoms. The van der Waals surface area contributed by atoms with Crippen LogP contribution in [0, 0.1) is 13.8 Å². The molecule has 1 aromatic carbocycles. The van der Waals surface area contributed by atoms with Crippen molar-refractivity contribution < 1.29 is 13.9 Å². The van der Waals surface area contributed by atoms with Gasteiger partial charge >= 0.3 is 0 Å². The van der Waals surface area contributed by atoms with Gasteiger partial charge in [0.05, 0.1) is 25.4 Å². The van der Waals surface area contributed by atoms with E-state index in [1.165, 1.54) is 5.56 Å². The zero-order valence-electron chi connectivity index (χ0n) is 15.9. The number of azide groups is 1. The molecule has 1 aliphatic rings. The van der Waals surface area contributed by atoms with Gasteiger partial charge in [-0.15, -0.1) is 0 Å². The van der Waals surface area contributed by atoms with Crippen molar-refractivity contribution in [2.24, 2.45) is 5.11 Å². The smallest absolute Gasteiger partial charge is 0.226 e. The highest BCUT2D eigenvalue weighted by molar-refractivity contribution is 5.54. The number of rotatable bonds is 8. The molecule has 0 amide bonds. The third kappa shape index (κ3) is 5.57. The fourth-order valence-corrected chi connectivity index (χ4v) is 3.37. The third-order valence-electron chi connectivity index (χ3n) is 4.80. The number of aryl methyl sites for hydroxylation is 2. The minimum Gasteiger partial charge on any atom is -0.441 e.